The molecule has 4 nitrogen and oxygen atoms in total. The Morgan fingerprint density at radius 1 is 1.10 bits per heavy atom. The van der Waals surface area contributed by atoms with E-state index in [0.717, 1.165) is 70.0 Å². The molecule has 1 saturated heterocycles. The number of fused-ring (bicyclic) bond motifs is 1. The number of methoxy groups -OCH3 is 1. The highest BCUT2D eigenvalue weighted by molar-refractivity contribution is 7.21. The van der Waals surface area contributed by atoms with Crippen LogP contribution < -0.4 is 4.74 Å². The Bertz CT molecular complexity index is 1060. The summed E-state index contributed by atoms with van der Waals surface area (Å²) in [7, 11) is 1.67. The molecule has 1 aliphatic rings. The second kappa shape index (κ2) is 8.76. The molecule has 3 heterocycles. The highest BCUT2D eigenvalue weighted by Gasteiger charge is 2.27. The molecule has 1 fully saturated rings. The number of aryl methyl sites for hydroxylation is 2. The maximum atomic E-state index is 13.7. The van der Waals surface area contributed by atoms with Crippen LogP contribution in [0.4, 0.5) is 0 Å². The number of ether oxygens (including phenoxy) is 1. The van der Waals surface area contributed by atoms with Crippen LogP contribution in [0.2, 0.25) is 0 Å². The number of aromatic nitrogens is 1. The minimum Gasteiger partial charge on any atom is -0.497 e. The van der Waals surface area contributed by atoms with Crippen molar-refractivity contribution in [2.45, 2.75) is 52.9 Å². The molecular weight excluding hydrogens is 392 g/mol. The van der Waals surface area contributed by atoms with Crippen molar-refractivity contribution in [1.82, 2.24) is 9.88 Å². The first-order chi connectivity index (χ1) is 14.5. The second-order valence-electron chi connectivity index (χ2n) is 8.08. The van der Waals surface area contributed by atoms with E-state index in [2.05, 4.69) is 32.9 Å². The summed E-state index contributed by atoms with van der Waals surface area (Å²) in [4.78, 5) is 22.4. The normalized spacial score (nSPS) is 14.7. The van der Waals surface area contributed by atoms with Crippen molar-refractivity contribution in [2.24, 2.45) is 0 Å². The standard InChI is InChI=1S/C25H30N2O2S/c1-5-20-16(2)21-22(18-10-12-19(29-4)13-11-18)23(30-24(21)26-17(20)3)25(28)27-14-8-6-7-9-15-27/h10-13H,5-9,14-15H2,1-4H3. The van der Waals surface area contributed by atoms with Gasteiger partial charge in [-0.05, 0) is 61.9 Å². The summed E-state index contributed by atoms with van der Waals surface area (Å²) in [5.41, 5.74) is 5.68. The fraction of sp³-hybridized carbons (Fsp3) is 0.440. The number of benzene rings is 1. The third-order valence-electron chi connectivity index (χ3n) is 6.24. The molecular formula is C25H30N2O2S. The molecule has 4 rings (SSSR count). The van der Waals surface area contributed by atoms with Crippen molar-refractivity contribution in [3.8, 4) is 16.9 Å². The van der Waals surface area contributed by atoms with Gasteiger partial charge in [0, 0.05) is 29.7 Å². The summed E-state index contributed by atoms with van der Waals surface area (Å²) in [6.45, 7) is 8.12. The van der Waals surface area contributed by atoms with Gasteiger partial charge in [0.1, 0.15) is 15.5 Å². The van der Waals surface area contributed by atoms with E-state index >= 15 is 0 Å². The predicted octanol–water partition coefficient (Wildman–Crippen LogP) is 6.17. The van der Waals surface area contributed by atoms with E-state index in [-0.39, 0.29) is 5.91 Å². The Morgan fingerprint density at radius 3 is 2.37 bits per heavy atom. The molecule has 5 heteroatoms. The monoisotopic (exact) mass is 422 g/mol. The maximum absolute atomic E-state index is 13.7. The molecule has 0 unspecified atom stereocenters. The highest BCUT2D eigenvalue weighted by Crippen LogP contribution is 2.42. The van der Waals surface area contributed by atoms with Crippen LogP contribution in [0.15, 0.2) is 24.3 Å². The molecule has 0 bridgehead atoms. The largest absolute Gasteiger partial charge is 0.497 e. The summed E-state index contributed by atoms with van der Waals surface area (Å²) in [6.07, 6.45) is 5.53. The summed E-state index contributed by atoms with van der Waals surface area (Å²) >= 11 is 1.55. The molecule has 0 saturated carbocycles. The Labute approximate surface area is 182 Å². The number of amides is 1. The topological polar surface area (TPSA) is 42.4 Å². The van der Waals surface area contributed by atoms with Crippen LogP contribution >= 0.6 is 11.3 Å². The molecule has 1 aliphatic heterocycles. The Balaban J connectivity index is 1.94. The van der Waals surface area contributed by atoms with Gasteiger partial charge >= 0.3 is 0 Å². The van der Waals surface area contributed by atoms with Crippen molar-refractivity contribution >= 4 is 27.5 Å². The highest BCUT2D eigenvalue weighted by atomic mass is 32.1. The average Bonchev–Trinajstić information content (AvgIpc) is 2.93. The van der Waals surface area contributed by atoms with Gasteiger partial charge in [-0.2, -0.15) is 0 Å². The molecule has 0 N–H and O–H groups in total. The molecule has 30 heavy (non-hydrogen) atoms. The lowest BCUT2D eigenvalue weighted by molar-refractivity contribution is 0.0767. The second-order valence-corrected chi connectivity index (χ2v) is 9.07. The van der Waals surface area contributed by atoms with Gasteiger partial charge in [-0.3, -0.25) is 4.79 Å². The number of carbonyl (C=O) groups excluding carboxylic acids is 1. The van der Waals surface area contributed by atoms with Gasteiger partial charge in [0.2, 0.25) is 0 Å². The van der Waals surface area contributed by atoms with Crippen LogP contribution in [-0.2, 0) is 6.42 Å². The molecule has 1 aromatic carbocycles. The molecule has 2 aromatic heterocycles. The van der Waals surface area contributed by atoms with Crippen LogP contribution in [0.25, 0.3) is 21.3 Å². The molecule has 0 atom stereocenters. The van der Waals surface area contributed by atoms with Crippen molar-refractivity contribution in [3.63, 3.8) is 0 Å². The Hall–Kier alpha value is -2.40. The minimum atomic E-state index is 0.154. The summed E-state index contributed by atoms with van der Waals surface area (Å²) in [5, 5.41) is 1.13. The quantitative estimate of drug-likeness (QED) is 0.505. The predicted molar refractivity (Wildman–Crippen MR) is 125 cm³/mol. The summed E-state index contributed by atoms with van der Waals surface area (Å²) < 4.78 is 5.35. The van der Waals surface area contributed by atoms with Gasteiger partial charge in [0.25, 0.3) is 5.91 Å². The van der Waals surface area contributed by atoms with Gasteiger partial charge in [-0.25, -0.2) is 4.98 Å². The summed E-state index contributed by atoms with van der Waals surface area (Å²) in [5.74, 6) is 0.972. The maximum Gasteiger partial charge on any atom is 0.264 e. The van der Waals surface area contributed by atoms with E-state index in [9.17, 15) is 4.79 Å². The van der Waals surface area contributed by atoms with Gasteiger partial charge < -0.3 is 9.64 Å². The molecule has 3 aromatic rings. The fourth-order valence-corrected chi connectivity index (χ4v) is 5.88. The first-order valence-electron chi connectivity index (χ1n) is 10.9. The first-order valence-corrected chi connectivity index (χ1v) is 11.7. The van der Waals surface area contributed by atoms with Gasteiger partial charge in [0.05, 0.1) is 7.11 Å². The van der Waals surface area contributed by atoms with E-state index < -0.39 is 0 Å². The zero-order valence-corrected chi connectivity index (χ0v) is 19.2. The number of likely N-dealkylation sites (tertiary alicyclic amines) is 1. The lowest BCUT2D eigenvalue weighted by Gasteiger charge is -2.20. The van der Waals surface area contributed by atoms with Crippen molar-refractivity contribution in [2.75, 3.05) is 20.2 Å². The van der Waals surface area contributed by atoms with Crippen molar-refractivity contribution in [1.29, 1.82) is 0 Å². The Kier molecular flexibility index (Phi) is 6.09. The number of nitrogens with zero attached hydrogens (tertiary/aromatic N) is 2. The molecule has 0 aliphatic carbocycles. The van der Waals surface area contributed by atoms with Crippen LogP contribution in [0, 0.1) is 13.8 Å². The van der Waals surface area contributed by atoms with Crippen molar-refractivity contribution in [3.05, 3.63) is 46.0 Å². The molecule has 0 radical (unpaired) electrons. The van der Waals surface area contributed by atoms with Crippen LogP contribution in [-0.4, -0.2) is 36.0 Å². The molecule has 158 valence electrons. The number of pyridine rings is 1. The van der Waals surface area contributed by atoms with E-state index in [4.69, 9.17) is 9.72 Å². The Morgan fingerprint density at radius 2 is 1.77 bits per heavy atom. The van der Waals surface area contributed by atoms with Crippen LogP contribution in [0.3, 0.4) is 0 Å². The first kappa shape index (κ1) is 20.9. The van der Waals surface area contributed by atoms with Crippen LogP contribution in [0.1, 0.15) is 59.1 Å². The number of hydrogen-bond donors (Lipinski definition) is 0. The van der Waals surface area contributed by atoms with Crippen LogP contribution in [0.5, 0.6) is 5.75 Å². The van der Waals surface area contributed by atoms with E-state index in [1.807, 2.05) is 17.0 Å². The fourth-order valence-electron chi connectivity index (χ4n) is 4.61. The number of hydrogen-bond acceptors (Lipinski definition) is 4. The lowest BCUT2D eigenvalue weighted by Crippen LogP contribution is -2.31. The summed E-state index contributed by atoms with van der Waals surface area (Å²) in [6, 6.07) is 8.06. The zero-order chi connectivity index (χ0) is 21.3. The third-order valence-corrected chi connectivity index (χ3v) is 7.31. The number of thiophene rings is 1. The minimum absolute atomic E-state index is 0.154. The van der Waals surface area contributed by atoms with Crippen molar-refractivity contribution < 1.29 is 9.53 Å². The van der Waals surface area contributed by atoms with Gasteiger partial charge in [-0.1, -0.05) is 31.9 Å². The zero-order valence-electron chi connectivity index (χ0n) is 18.4. The third kappa shape index (κ3) is 3.71. The molecule has 1 amide bonds. The SMILES string of the molecule is CCc1c(C)nc2sc(C(=O)N3CCCCCC3)c(-c3ccc(OC)cc3)c2c1C. The van der Waals surface area contributed by atoms with E-state index in [1.165, 1.54) is 24.0 Å². The number of carbonyl (C=O) groups is 1. The van der Waals surface area contributed by atoms with E-state index in [1.54, 1.807) is 18.4 Å². The average molecular weight is 423 g/mol. The lowest BCUT2D eigenvalue weighted by atomic mass is 9.95. The van der Waals surface area contributed by atoms with E-state index in [0.29, 0.717) is 0 Å². The smallest absolute Gasteiger partial charge is 0.264 e. The van der Waals surface area contributed by atoms with Gasteiger partial charge in [-0.15, -0.1) is 11.3 Å². The van der Waals surface area contributed by atoms with Gasteiger partial charge in [0.15, 0.2) is 0 Å². The number of rotatable bonds is 4. The molecule has 0 spiro atoms.